The number of ether oxygens (including phenoxy) is 2. The minimum absolute atomic E-state index is 0.00173. The molecule has 3 aliphatic rings. The standard InChI is InChI=1S/C45H45N3O5/c1-31-41(29-47-23-21-46(22-24-47)27-32-9-3-2-4-10-32)52-45(53-42(31)35-19-17-33(30-49)18-20-35)38-14-8-13-37(26-38)36-12-7-11-34(25-36)28-48-43(50)39-15-5-6-16-40(39)44(48)51/h2-20,25-26,31,41-42,45,49H,21-24,27-30H2,1H3. The van der Waals surface area contributed by atoms with E-state index < -0.39 is 6.29 Å². The summed E-state index contributed by atoms with van der Waals surface area (Å²) in [6.45, 7) is 8.17. The molecule has 2 saturated heterocycles. The van der Waals surface area contributed by atoms with Crippen LogP contribution in [-0.4, -0.2) is 70.4 Å². The van der Waals surface area contributed by atoms with Crippen LogP contribution < -0.4 is 0 Å². The number of imide groups is 1. The molecule has 3 aliphatic heterocycles. The molecule has 4 unspecified atom stereocenters. The summed E-state index contributed by atoms with van der Waals surface area (Å²) in [5, 5.41) is 9.68. The average Bonchev–Trinajstić information content (AvgIpc) is 3.44. The molecule has 0 saturated carbocycles. The number of amides is 2. The molecule has 4 atom stereocenters. The van der Waals surface area contributed by atoms with Crippen LogP contribution in [0, 0.1) is 5.92 Å². The highest BCUT2D eigenvalue weighted by Crippen LogP contribution is 2.42. The first-order chi connectivity index (χ1) is 25.9. The maximum Gasteiger partial charge on any atom is 0.261 e. The minimum Gasteiger partial charge on any atom is -0.392 e. The van der Waals surface area contributed by atoms with Gasteiger partial charge in [0.05, 0.1) is 36.5 Å². The first-order valence-corrected chi connectivity index (χ1v) is 18.6. The van der Waals surface area contributed by atoms with Crippen molar-refractivity contribution in [1.29, 1.82) is 0 Å². The summed E-state index contributed by atoms with van der Waals surface area (Å²) >= 11 is 0. The van der Waals surface area contributed by atoms with Crippen LogP contribution in [0.4, 0.5) is 0 Å². The van der Waals surface area contributed by atoms with Crippen molar-refractivity contribution in [2.75, 3.05) is 32.7 Å². The Balaban J connectivity index is 1.00. The largest absolute Gasteiger partial charge is 0.392 e. The van der Waals surface area contributed by atoms with E-state index in [9.17, 15) is 14.7 Å². The molecule has 5 aromatic carbocycles. The van der Waals surface area contributed by atoms with Crippen LogP contribution in [0.3, 0.4) is 0 Å². The molecule has 8 rings (SSSR count). The number of hydrogen-bond donors (Lipinski definition) is 1. The van der Waals surface area contributed by atoms with Gasteiger partial charge in [-0.1, -0.05) is 110 Å². The fourth-order valence-electron chi connectivity index (χ4n) is 7.83. The Bertz CT molecular complexity index is 2030. The Hall–Kier alpha value is -4.96. The second-order valence-electron chi connectivity index (χ2n) is 14.5. The molecule has 53 heavy (non-hydrogen) atoms. The lowest BCUT2D eigenvalue weighted by Gasteiger charge is -2.44. The predicted octanol–water partition coefficient (Wildman–Crippen LogP) is 7.25. The number of rotatable bonds is 10. The van der Waals surface area contributed by atoms with Gasteiger partial charge < -0.3 is 14.6 Å². The van der Waals surface area contributed by atoms with Gasteiger partial charge in [0.2, 0.25) is 0 Å². The van der Waals surface area contributed by atoms with E-state index in [1.807, 2.05) is 42.5 Å². The third-order valence-electron chi connectivity index (χ3n) is 10.9. The molecule has 3 heterocycles. The molecule has 0 aliphatic carbocycles. The third-order valence-corrected chi connectivity index (χ3v) is 10.9. The molecule has 8 heteroatoms. The molecule has 0 radical (unpaired) electrons. The number of benzene rings is 5. The van der Waals surface area contributed by atoms with Crippen molar-refractivity contribution in [3.63, 3.8) is 0 Å². The predicted molar refractivity (Wildman–Crippen MR) is 204 cm³/mol. The Morgan fingerprint density at radius 2 is 1.23 bits per heavy atom. The molecule has 0 bridgehead atoms. The third kappa shape index (κ3) is 7.60. The van der Waals surface area contributed by atoms with Crippen molar-refractivity contribution >= 4 is 11.8 Å². The fourth-order valence-corrected chi connectivity index (χ4v) is 7.83. The molecule has 1 N–H and O–H groups in total. The number of aliphatic hydroxyl groups is 1. The normalized spacial score (nSPS) is 22.3. The van der Waals surface area contributed by atoms with Crippen molar-refractivity contribution in [2.45, 2.75) is 45.1 Å². The Morgan fingerprint density at radius 3 is 1.92 bits per heavy atom. The van der Waals surface area contributed by atoms with Crippen LogP contribution in [0.5, 0.6) is 0 Å². The van der Waals surface area contributed by atoms with Crippen molar-refractivity contribution < 1.29 is 24.2 Å². The summed E-state index contributed by atoms with van der Waals surface area (Å²) in [6, 6.07) is 42.0. The van der Waals surface area contributed by atoms with E-state index in [0.29, 0.717) is 11.1 Å². The number of hydrogen-bond acceptors (Lipinski definition) is 7. The van der Waals surface area contributed by atoms with Gasteiger partial charge in [0.15, 0.2) is 6.29 Å². The SMILES string of the molecule is CC1C(CN2CCN(Cc3ccccc3)CC2)OC(c2cccc(-c3cccc(CN4C(=O)c5ccccc5C4=O)c3)c2)OC1c1ccc(CO)cc1. The van der Waals surface area contributed by atoms with Crippen LogP contribution in [0.15, 0.2) is 127 Å². The van der Waals surface area contributed by atoms with Gasteiger partial charge in [0.25, 0.3) is 11.8 Å². The first kappa shape index (κ1) is 35.1. The van der Waals surface area contributed by atoms with Crippen LogP contribution in [0.25, 0.3) is 11.1 Å². The van der Waals surface area contributed by atoms with Gasteiger partial charge in [0, 0.05) is 50.7 Å². The number of aliphatic hydroxyl groups excluding tert-OH is 1. The molecule has 0 aromatic heterocycles. The zero-order valence-corrected chi connectivity index (χ0v) is 30.0. The van der Waals surface area contributed by atoms with Crippen LogP contribution in [0.2, 0.25) is 0 Å². The maximum atomic E-state index is 13.1. The summed E-state index contributed by atoms with van der Waals surface area (Å²) in [7, 11) is 0. The van der Waals surface area contributed by atoms with Gasteiger partial charge in [-0.05, 0) is 57.6 Å². The van der Waals surface area contributed by atoms with Crippen LogP contribution >= 0.6 is 0 Å². The van der Waals surface area contributed by atoms with Crippen molar-refractivity contribution in [1.82, 2.24) is 14.7 Å². The van der Waals surface area contributed by atoms with Crippen molar-refractivity contribution in [2.24, 2.45) is 5.92 Å². The molecule has 0 spiro atoms. The molecule has 5 aromatic rings. The topological polar surface area (TPSA) is 82.6 Å². The monoisotopic (exact) mass is 707 g/mol. The highest BCUT2D eigenvalue weighted by atomic mass is 16.7. The van der Waals surface area contributed by atoms with E-state index in [-0.39, 0.29) is 43.1 Å². The molecule has 270 valence electrons. The summed E-state index contributed by atoms with van der Waals surface area (Å²) in [5.41, 5.74) is 7.96. The van der Waals surface area contributed by atoms with Crippen molar-refractivity contribution in [3.05, 3.63) is 166 Å². The highest BCUT2D eigenvalue weighted by molar-refractivity contribution is 6.21. The number of piperazine rings is 1. The lowest BCUT2D eigenvalue weighted by Crippen LogP contribution is -2.51. The van der Waals surface area contributed by atoms with E-state index in [2.05, 4.69) is 77.4 Å². The fraction of sp³-hybridized carbons (Fsp3) is 0.289. The summed E-state index contributed by atoms with van der Waals surface area (Å²) in [4.78, 5) is 32.5. The summed E-state index contributed by atoms with van der Waals surface area (Å²) in [6.07, 6.45) is -0.847. The van der Waals surface area contributed by atoms with E-state index in [1.165, 1.54) is 10.5 Å². The lowest BCUT2D eigenvalue weighted by atomic mass is 9.89. The van der Waals surface area contributed by atoms with Crippen molar-refractivity contribution in [3.8, 4) is 11.1 Å². The molecule has 2 amide bonds. The van der Waals surface area contributed by atoms with Gasteiger partial charge in [-0.3, -0.25) is 24.3 Å². The first-order valence-electron chi connectivity index (χ1n) is 18.6. The summed E-state index contributed by atoms with van der Waals surface area (Å²) in [5.74, 6) is -0.429. The minimum atomic E-state index is -0.584. The van der Waals surface area contributed by atoms with Crippen LogP contribution in [0.1, 0.15) is 67.9 Å². The van der Waals surface area contributed by atoms with E-state index in [1.54, 1.807) is 24.3 Å². The van der Waals surface area contributed by atoms with E-state index >= 15 is 0 Å². The maximum absolute atomic E-state index is 13.1. The van der Waals surface area contributed by atoms with Gasteiger partial charge >= 0.3 is 0 Å². The molecule has 2 fully saturated rings. The molecular formula is C45H45N3O5. The Labute approximate surface area is 311 Å². The zero-order chi connectivity index (χ0) is 36.3. The van der Waals surface area contributed by atoms with Crippen LogP contribution in [-0.2, 0) is 29.2 Å². The van der Waals surface area contributed by atoms with Gasteiger partial charge in [-0.2, -0.15) is 0 Å². The quantitative estimate of drug-likeness (QED) is 0.153. The molecule has 8 nitrogen and oxygen atoms in total. The number of nitrogens with zero attached hydrogens (tertiary/aromatic N) is 3. The van der Waals surface area contributed by atoms with Gasteiger partial charge in [-0.15, -0.1) is 0 Å². The summed E-state index contributed by atoms with van der Waals surface area (Å²) < 4.78 is 13.7. The van der Waals surface area contributed by atoms with Gasteiger partial charge in [-0.25, -0.2) is 0 Å². The number of carbonyl (C=O) groups excluding carboxylic acids is 2. The smallest absolute Gasteiger partial charge is 0.261 e. The lowest BCUT2D eigenvalue weighted by molar-refractivity contribution is -0.276. The number of fused-ring (bicyclic) bond motifs is 1. The van der Waals surface area contributed by atoms with E-state index in [4.69, 9.17) is 9.47 Å². The zero-order valence-electron chi connectivity index (χ0n) is 30.0. The Morgan fingerprint density at radius 1 is 0.604 bits per heavy atom. The van der Waals surface area contributed by atoms with E-state index in [0.717, 1.165) is 72.6 Å². The Kier molecular flexibility index (Phi) is 10.3. The average molecular weight is 708 g/mol. The molecular weight excluding hydrogens is 663 g/mol. The second-order valence-corrected chi connectivity index (χ2v) is 14.5. The number of carbonyl (C=O) groups is 2. The highest BCUT2D eigenvalue weighted by Gasteiger charge is 2.40. The van der Waals surface area contributed by atoms with Gasteiger partial charge in [0.1, 0.15) is 0 Å². The second kappa shape index (κ2) is 15.6.